The van der Waals surface area contributed by atoms with Gasteiger partial charge in [-0.15, -0.1) is 0 Å². The SMILES string of the molecule is COC[C@@H]1CCCN1C[C@@H]1C[C@H](c2ccc(CO)cc2)O[C@H](c2ccc(NC(=O)[C@@H]3CCCN3C(=O)C(F)(F)F)cc2)O1. The number of rotatable bonds is 9. The molecule has 3 aliphatic rings. The van der Waals surface area contributed by atoms with E-state index in [9.17, 15) is 27.9 Å². The largest absolute Gasteiger partial charge is 0.471 e. The normalized spacial score (nSPS) is 26.5. The lowest BCUT2D eigenvalue weighted by atomic mass is 9.99. The van der Waals surface area contributed by atoms with E-state index >= 15 is 0 Å². The maximum atomic E-state index is 13.0. The van der Waals surface area contributed by atoms with Crippen molar-refractivity contribution >= 4 is 17.5 Å². The molecule has 3 fully saturated rings. The molecule has 2 amide bonds. The Morgan fingerprint density at radius 1 is 1.00 bits per heavy atom. The van der Waals surface area contributed by atoms with Crippen LogP contribution < -0.4 is 5.32 Å². The number of hydrogen-bond donors (Lipinski definition) is 2. The molecule has 0 saturated carbocycles. The summed E-state index contributed by atoms with van der Waals surface area (Å²) in [6, 6.07) is 13.6. The minimum Gasteiger partial charge on any atom is -0.392 e. The summed E-state index contributed by atoms with van der Waals surface area (Å²) in [5.41, 5.74) is 2.90. The molecule has 2 N–H and O–H groups in total. The van der Waals surface area contributed by atoms with E-state index in [0.717, 1.165) is 42.6 Å². The van der Waals surface area contributed by atoms with E-state index in [1.807, 2.05) is 24.3 Å². The van der Waals surface area contributed by atoms with Crippen molar-refractivity contribution < 1.29 is 42.1 Å². The van der Waals surface area contributed by atoms with Crippen LogP contribution in [0, 0.1) is 0 Å². The second kappa shape index (κ2) is 13.7. The maximum absolute atomic E-state index is 13.0. The zero-order chi connectivity index (χ0) is 30.6. The van der Waals surface area contributed by atoms with Gasteiger partial charge >= 0.3 is 12.1 Å². The van der Waals surface area contributed by atoms with Crippen molar-refractivity contribution in [1.29, 1.82) is 0 Å². The van der Waals surface area contributed by atoms with E-state index in [1.54, 1.807) is 31.4 Å². The number of aliphatic hydroxyl groups is 1. The summed E-state index contributed by atoms with van der Waals surface area (Å²) in [5.74, 6) is -2.65. The van der Waals surface area contributed by atoms with Crippen molar-refractivity contribution in [2.75, 3.05) is 38.7 Å². The molecule has 0 unspecified atom stereocenters. The van der Waals surface area contributed by atoms with Crippen molar-refractivity contribution in [1.82, 2.24) is 9.80 Å². The first-order valence-electron chi connectivity index (χ1n) is 14.7. The summed E-state index contributed by atoms with van der Waals surface area (Å²) >= 11 is 0. The first-order chi connectivity index (χ1) is 20.7. The van der Waals surface area contributed by atoms with E-state index in [0.29, 0.717) is 36.1 Å². The van der Waals surface area contributed by atoms with Crippen molar-refractivity contribution in [2.45, 2.75) is 75.5 Å². The van der Waals surface area contributed by atoms with E-state index in [2.05, 4.69) is 10.2 Å². The van der Waals surface area contributed by atoms with Crippen molar-refractivity contribution in [3.8, 4) is 0 Å². The molecule has 0 aromatic heterocycles. The average Bonchev–Trinajstić information content (AvgIpc) is 3.67. The Bertz CT molecular complexity index is 1240. The minimum absolute atomic E-state index is 0.0453. The summed E-state index contributed by atoms with van der Waals surface area (Å²) in [6.07, 6.45) is -2.79. The third-order valence-electron chi connectivity index (χ3n) is 8.42. The number of methoxy groups -OCH3 is 1. The molecule has 2 aromatic carbocycles. The van der Waals surface area contributed by atoms with Gasteiger partial charge in [0.2, 0.25) is 5.91 Å². The van der Waals surface area contributed by atoms with Crippen LogP contribution in [0.5, 0.6) is 0 Å². The van der Waals surface area contributed by atoms with Crippen LogP contribution in [0.3, 0.4) is 0 Å². The highest BCUT2D eigenvalue weighted by atomic mass is 19.4. The Balaban J connectivity index is 1.28. The molecular formula is C31H38F3N3O6. The van der Waals surface area contributed by atoms with Gasteiger partial charge in [-0.2, -0.15) is 13.2 Å². The van der Waals surface area contributed by atoms with Gasteiger partial charge in [-0.25, -0.2) is 0 Å². The Kier molecular flexibility index (Phi) is 10.0. The van der Waals surface area contributed by atoms with Crippen LogP contribution >= 0.6 is 0 Å². The molecule has 12 heteroatoms. The third-order valence-corrected chi connectivity index (χ3v) is 8.42. The number of alkyl halides is 3. The van der Waals surface area contributed by atoms with E-state index in [4.69, 9.17) is 14.2 Å². The maximum Gasteiger partial charge on any atom is 0.471 e. The number of ether oxygens (including phenoxy) is 3. The molecule has 234 valence electrons. The van der Waals surface area contributed by atoms with Gasteiger partial charge in [-0.1, -0.05) is 36.4 Å². The highest BCUT2D eigenvalue weighted by molar-refractivity contribution is 5.98. The number of nitrogens with zero attached hydrogens (tertiary/aromatic N) is 2. The molecule has 3 aliphatic heterocycles. The Morgan fingerprint density at radius 3 is 2.37 bits per heavy atom. The molecule has 3 heterocycles. The fraction of sp³-hybridized carbons (Fsp3) is 0.548. The molecule has 2 aromatic rings. The van der Waals surface area contributed by atoms with Gasteiger partial charge < -0.3 is 29.5 Å². The number of carbonyl (C=O) groups is 2. The lowest BCUT2D eigenvalue weighted by Gasteiger charge is -2.38. The lowest BCUT2D eigenvalue weighted by molar-refractivity contribution is -0.253. The molecule has 3 saturated heterocycles. The molecule has 0 aliphatic carbocycles. The molecule has 43 heavy (non-hydrogen) atoms. The van der Waals surface area contributed by atoms with Gasteiger partial charge in [0.15, 0.2) is 6.29 Å². The van der Waals surface area contributed by atoms with E-state index in [1.165, 1.54) is 0 Å². The number of benzene rings is 2. The van der Waals surface area contributed by atoms with Crippen LogP contribution in [0.2, 0.25) is 0 Å². The molecule has 5 atom stereocenters. The summed E-state index contributed by atoms with van der Waals surface area (Å²) in [5, 5.41) is 12.1. The second-order valence-corrected chi connectivity index (χ2v) is 11.4. The standard InChI is InChI=1S/C31H38F3N3O6/c1-41-19-24-4-2-14-36(24)17-25-16-27(21-8-6-20(18-38)7-9-21)43-29(42-25)22-10-12-23(13-11-22)35-28(39)26-5-3-15-37(26)30(40)31(32,33)34/h6-13,24-27,29,38H,2-5,14-19H2,1H3,(H,35,39)/t24-,25-,26-,27+,29+/m0/s1. The van der Waals surface area contributed by atoms with Crippen molar-refractivity contribution in [2.24, 2.45) is 0 Å². The molecule has 0 spiro atoms. The Hall–Kier alpha value is -3.03. The topological polar surface area (TPSA) is 101 Å². The molecule has 9 nitrogen and oxygen atoms in total. The first-order valence-corrected chi connectivity index (χ1v) is 14.7. The summed E-state index contributed by atoms with van der Waals surface area (Å²) in [4.78, 5) is 27.6. The van der Waals surface area contributed by atoms with Gasteiger partial charge in [0, 0.05) is 43.9 Å². The van der Waals surface area contributed by atoms with Crippen LogP contribution in [-0.2, 0) is 30.4 Å². The third kappa shape index (κ3) is 7.55. The summed E-state index contributed by atoms with van der Waals surface area (Å²) < 4.78 is 57.2. The average molecular weight is 606 g/mol. The quantitative estimate of drug-likeness (QED) is 0.439. The summed E-state index contributed by atoms with van der Waals surface area (Å²) in [7, 11) is 1.71. The zero-order valence-electron chi connectivity index (χ0n) is 24.1. The van der Waals surface area contributed by atoms with Crippen LogP contribution in [-0.4, -0.2) is 84.4 Å². The van der Waals surface area contributed by atoms with Crippen LogP contribution in [0.1, 0.15) is 61.2 Å². The molecule has 5 rings (SSSR count). The first kappa shape index (κ1) is 31.4. The summed E-state index contributed by atoms with van der Waals surface area (Å²) in [6.45, 7) is 2.20. The molecular weight excluding hydrogens is 567 g/mol. The zero-order valence-corrected chi connectivity index (χ0v) is 24.1. The van der Waals surface area contributed by atoms with Crippen LogP contribution in [0.4, 0.5) is 18.9 Å². The van der Waals surface area contributed by atoms with Gasteiger partial charge in [0.25, 0.3) is 0 Å². The Morgan fingerprint density at radius 2 is 1.70 bits per heavy atom. The Labute approximate surface area is 248 Å². The highest BCUT2D eigenvalue weighted by Crippen LogP contribution is 2.39. The predicted molar refractivity (Wildman–Crippen MR) is 151 cm³/mol. The van der Waals surface area contributed by atoms with Crippen molar-refractivity contribution in [3.63, 3.8) is 0 Å². The lowest BCUT2D eigenvalue weighted by Crippen LogP contribution is -2.48. The second-order valence-electron chi connectivity index (χ2n) is 11.4. The van der Waals surface area contributed by atoms with Crippen LogP contribution in [0.25, 0.3) is 0 Å². The van der Waals surface area contributed by atoms with Gasteiger partial charge in [-0.3, -0.25) is 14.5 Å². The van der Waals surface area contributed by atoms with E-state index < -0.39 is 30.3 Å². The predicted octanol–water partition coefficient (Wildman–Crippen LogP) is 4.33. The van der Waals surface area contributed by atoms with Gasteiger partial charge in [0.05, 0.1) is 25.4 Å². The van der Waals surface area contributed by atoms with Gasteiger partial charge in [0.1, 0.15) is 6.04 Å². The molecule has 0 radical (unpaired) electrons. The fourth-order valence-electron chi connectivity index (χ4n) is 6.21. The van der Waals surface area contributed by atoms with Gasteiger partial charge in [-0.05, 0) is 55.5 Å². The number of amides is 2. The smallest absolute Gasteiger partial charge is 0.392 e. The van der Waals surface area contributed by atoms with Crippen molar-refractivity contribution in [3.05, 3.63) is 65.2 Å². The van der Waals surface area contributed by atoms with Crippen LogP contribution in [0.15, 0.2) is 48.5 Å². The number of halogens is 3. The van der Waals surface area contributed by atoms with E-state index in [-0.39, 0.29) is 31.8 Å². The molecule has 0 bridgehead atoms. The minimum atomic E-state index is -5.03. The number of likely N-dealkylation sites (tertiary alicyclic amines) is 2. The number of anilines is 1. The fourth-order valence-corrected chi connectivity index (χ4v) is 6.21. The highest BCUT2D eigenvalue weighted by Gasteiger charge is 2.47. The number of aliphatic hydroxyl groups excluding tert-OH is 1. The number of nitrogens with one attached hydrogen (secondary N) is 1. The monoisotopic (exact) mass is 605 g/mol. The number of hydrogen-bond acceptors (Lipinski definition) is 7. The number of carbonyl (C=O) groups excluding carboxylic acids is 2.